The van der Waals surface area contributed by atoms with Crippen LogP contribution in [0.2, 0.25) is 6.82 Å². The molecule has 0 saturated heterocycles. The van der Waals surface area contributed by atoms with Crippen LogP contribution in [0.1, 0.15) is 0 Å². The molecule has 0 aliphatic carbocycles. The molecule has 0 aromatic heterocycles. The van der Waals surface area contributed by atoms with Gasteiger partial charge >= 0.3 is 15.3 Å². The quantitative estimate of drug-likeness (QED) is 0.452. The first-order chi connectivity index (χ1) is 3.62. The normalized spacial score (nSPS) is 17.4. The third-order valence-electron chi connectivity index (χ3n) is 0.469. The molecule has 0 aliphatic heterocycles. The summed E-state index contributed by atoms with van der Waals surface area (Å²) in [5, 5.41) is 0. The fraction of sp³-hybridized carbons (Fsp3) is 1.00. The van der Waals surface area contributed by atoms with Crippen LogP contribution in [0.4, 0.5) is 0 Å². The van der Waals surface area contributed by atoms with Crippen molar-refractivity contribution in [2.45, 2.75) is 6.82 Å². The third kappa shape index (κ3) is 3.21. The van der Waals surface area contributed by atoms with Crippen molar-refractivity contribution in [3.8, 4) is 0 Å². The van der Waals surface area contributed by atoms with Crippen molar-refractivity contribution in [1.29, 1.82) is 0 Å². The fourth-order valence-corrected chi connectivity index (χ4v) is 0.529. The summed E-state index contributed by atoms with van der Waals surface area (Å²) in [6.45, 7) is 1.49. The van der Waals surface area contributed by atoms with E-state index in [0.717, 1.165) is 14.6 Å². The predicted octanol–water partition coefficient (Wildman–Crippen LogP) is 0.417. The molecule has 0 fully saturated rings. The molecule has 8 heavy (non-hydrogen) atoms. The van der Waals surface area contributed by atoms with E-state index in [1.54, 1.807) is 0 Å². The molecule has 0 rings (SSSR count). The van der Waals surface area contributed by atoms with E-state index in [0.29, 0.717) is 0 Å². The summed E-state index contributed by atoms with van der Waals surface area (Å²) in [5.41, 5.74) is 0. The second-order valence-corrected chi connectivity index (χ2v) is 2.51. The van der Waals surface area contributed by atoms with E-state index in [1.165, 1.54) is 6.82 Å². The van der Waals surface area contributed by atoms with Gasteiger partial charge < -0.3 is 9.33 Å². The number of phosphoric ester groups is 1. The molecule has 0 spiro atoms. The van der Waals surface area contributed by atoms with E-state index in [1.807, 2.05) is 0 Å². The largest absolute Gasteiger partial charge is 0.457 e. The van der Waals surface area contributed by atoms with Gasteiger partial charge in [0.25, 0.3) is 0 Å². The highest BCUT2D eigenvalue weighted by atomic mass is 31.2. The zero-order valence-electron chi connectivity index (χ0n) is 4.70. The zero-order chi connectivity index (χ0) is 6.62. The lowest BCUT2D eigenvalue weighted by Crippen LogP contribution is -1.92. The van der Waals surface area contributed by atoms with E-state index in [-0.39, 0.29) is 0 Å². The van der Waals surface area contributed by atoms with Crippen LogP contribution in [0.5, 0.6) is 0 Å². The van der Waals surface area contributed by atoms with Crippen LogP contribution in [-0.2, 0) is 13.5 Å². The first-order valence-corrected chi connectivity index (χ1v) is 3.46. The minimum Gasteiger partial charge on any atom is -0.355 e. The van der Waals surface area contributed by atoms with Gasteiger partial charge in [-0.2, -0.15) is 0 Å². The maximum Gasteiger partial charge on any atom is 0.457 e. The van der Waals surface area contributed by atoms with Crippen LogP contribution in [0.25, 0.3) is 0 Å². The van der Waals surface area contributed by atoms with Gasteiger partial charge in [0.15, 0.2) is 0 Å². The molecule has 1 unspecified atom stereocenters. The second kappa shape index (κ2) is 3.25. The summed E-state index contributed by atoms with van der Waals surface area (Å²) < 4.78 is 18.4. The van der Waals surface area contributed by atoms with Crippen molar-refractivity contribution < 1.29 is 18.4 Å². The minimum atomic E-state index is -3.73. The Balaban J connectivity index is 3.55. The highest BCUT2D eigenvalue weighted by Crippen LogP contribution is 2.40. The van der Waals surface area contributed by atoms with Gasteiger partial charge in [-0.1, -0.05) is 6.82 Å². The highest BCUT2D eigenvalue weighted by molar-refractivity contribution is 7.48. The number of rotatable bonds is 3. The van der Waals surface area contributed by atoms with Gasteiger partial charge in [-0.25, -0.2) is 4.57 Å². The molecule has 6 heteroatoms. The lowest BCUT2D eigenvalue weighted by molar-refractivity contribution is 0.247. The van der Waals surface area contributed by atoms with Crippen LogP contribution in [0, 0.1) is 0 Å². The molecule has 1 radical (unpaired) electrons. The Labute approximate surface area is 48.7 Å². The van der Waals surface area contributed by atoms with Crippen molar-refractivity contribution in [2.75, 3.05) is 7.11 Å². The summed E-state index contributed by atoms with van der Waals surface area (Å²) in [6.07, 6.45) is 0. The van der Waals surface area contributed by atoms with Crippen molar-refractivity contribution >= 4 is 15.3 Å². The molecule has 0 amide bonds. The predicted molar refractivity (Wildman–Crippen MR) is 29.5 cm³/mol. The Morgan fingerprint density at radius 2 is 2.25 bits per heavy atom. The average Bonchev–Trinajstić information content (AvgIpc) is 1.67. The average molecular weight is 137 g/mol. The van der Waals surface area contributed by atoms with Crippen molar-refractivity contribution in [2.24, 2.45) is 0 Å². The van der Waals surface area contributed by atoms with Crippen LogP contribution >= 0.6 is 7.82 Å². The lowest BCUT2D eigenvalue weighted by atomic mass is 10.1. The Bertz CT molecular complexity index is 104. The summed E-state index contributed by atoms with van der Waals surface area (Å²) in [6, 6.07) is 0. The number of phosphoric acid groups is 1. The Morgan fingerprint density at radius 3 is 2.38 bits per heavy atom. The van der Waals surface area contributed by atoms with Gasteiger partial charge in [0, 0.05) is 7.11 Å². The van der Waals surface area contributed by atoms with Gasteiger partial charge in [-0.3, -0.25) is 4.52 Å². The summed E-state index contributed by atoms with van der Waals surface area (Å²) in [7, 11) is -1.53. The van der Waals surface area contributed by atoms with E-state index in [2.05, 4.69) is 8.96 Å². The Hall–Kier alpha value is 0.175. The third-order valence-corrected chi connectivity index (χ3v) is 1.41. The summed E-state index contributed by atoms with van der Waals surface area (Å²) in [4.78, 5) is 8.40. The van der Waals surface area contributed by atoms with Crippen LogP contribution < -0.4 is 0 Å². The topological polar surface area (TPSA) is 55.8 Å². The minimum absolute atomic E-state index is 1.10. The lowest BCUT2D eigenvalue weighted by Gasteiger charge is -2.04. The van der Waals surface area contributed by atoms with Crippen molar-refractivity contribution in [3.05, 3.63) is 0 Å². The fourth-order valence-electron chi connectivity index (χ4n) is 0.176. The molecule has 4 nitrogen and oxygen atoms in total. The highest BCUT2D eigenvalue weighted by Gasteiger charge is 2.15. The standard InChI is InChI=1S/C2H7BO4P/c1-3-7-8(4,5)6-2/h1-2H3,(H,4,5). The van der Waals surface area contributed by atoms with Crippen molar-refractivity contribution in [3.63, 3.8) is 0 Å². The second-order valence-electron chi connectivity index (χ2n) is 0.992. The SMILES string of the molecule is C[B]OP(=O)(O)OC. The zero-order valence-corrected chi connectivity index (χ0v) is 5.59. The van der Waals surface area contributed by atoms with Gasteiger partial charge in [0.1, 0.15) is 0 Å². The smallest absolute Gasteiger partial charge is 0.355 e. The van der Waals surface area contributed by atoms with Crippen LogP contribution in [0.15, 0.2) is 0 Å². The molecular weight excluding hydrogens is 130 g/mol. The van der Waals surface area contributed by atoms with Crippen LogP contribution in [-0.4, -0.2) is 19.5 Å². The monoisotopic (exact) mass is 137 g/mol. The van der Waals surface area contributed by atoms with E-state index >= 15 is 0 Å². The number of hydrogen-bond acceptors (Lipinski definition) is 3. The van der Waals surface area contributed by atoms with E-state index < -0.39 is 7.82 Å². The molecule has 1 N–H and O–H groups in total. The molecule has 0 aromatic carbocycles. The maximum atomic E-state index is 10.3. The van der Waals surface area contributed by atoms with Gasteiger partial charge in [-0.15, -0.1) is 0 Å². The molecule has 47 valence electrons. The summed E-state index contributed by atoms with van der Waals surface area (Å²) in [5.74, 6) is 0. The van der Waals surface area contributed by atoms with Gasteiger partial charge in [0.05, 0.1) is 0 Å². The molecular formula is C2H7BO4P. The molecule has 0 aliphatic rings. The first-order valence-electron chi connectivity index (χ1n) is 1.97. The Morgan fingerprint density at radius 1 is 1.75 bits per heavy atom. The van der Waals surface area contributed by atoms with Crippen molar-refractivity contribution in [1.82, 2.24) is 0 Å². The maximum absolute atomic E-state index is 10.3. The van der Waals surface area contributed by atoms with E-state index in [4.69, 9.17) is 4.89 Å². The first kappa shape index (κ1) is 8.17. The molecule has 0 aromatic rings. The molecule has 0 heterocycles. The Kier molecular flexibility index (Phi) is 3.32. The van der Waals surface area contributed by atoms with E-state index in [9.17, 15) is 4.57 Å². The molecule has 1 atom stereocenters. The summed E-state index contributed by atoms with van der Waals surface area (Å²) >= 11 is 0. The van der Waals surface area contributed by atoms with Gasteiger partial charge in [-0.05, 0) is 0 Å². The number of hydrogen-bond donors (Lipinski definition) is 1. The van der Waals surface area contributed by atoms with Gasteiger partial charge in [0.2, 0.25) is 0 Å². The van der Waals surface area contributed by atoms with Crippen LogP contribution in [0.3, 0.4) is 0 Å². The molecule has 0 bridgehead atoms. The molecule has 0 saturated carbocycles.